The lowest BCUT2D eigenvalue weighted by molar-refractivity contribution is 0.185. The van der Waals surface area contributed by atoms with E-state index in [0.29, 0.717) is 17.4 Å². The first-order valence-electron chi connectivity index (χ1n) is 10.2. The van der Waals surface area contributed by atoms with Gasteiger partial charge in [0.15, 0.2) is 11.5 Å². The summed E-state index contributed by atoms with van der Waals surface area (Å²) in [4.78, 5) is 25.0. The molecule has 29 heavy (non-hydrogen) atoms. The highest BCUT2D eigenvalue weighted by molar-refractivity contribution is 7.16. The maximum atomic E-state index is 12.5. The van der Waals surface area contributed by atoms with Gasteiger partial charge >= 0.3 is 0 Å². The molecule has 1 aliphatic heterocycles. The number of hydrogen-bond acceptors (Lipinski definition) is 7. The number of likely N-dealkylation sites (tertiary alicyclic amines) is 1. The molecule has 7 nitrogen and oxygen atoms in total. The molecule has 4 heterocycles. The summed E-state index contributed by atoms with van der Waals surface area (Å²) in [6, 6.07) is 9.53. The van der Waals surface area contributed by atoms with Gasteiger partial charge in [0.25, 0.3) is 5.56 Å². The van der Waals surface area contributed by atoms with Gasteiger partial charge in [0, 0.05) is 31.0 Å². The Morgan fingerprint density at radius 3 is 2.90 bits per heavy atom. The highest BCUT2D eigenvalue weighted by Crippen LogP contribution is 2.41. The van der Waals surface area contributed by atoms with Gasteiger partial charge in [0.05, 0.1) is 5.69 Å². The minimum absolute atomic E-state index is 0.0827. The summed E-state index contributed by atoms with van der Waals surface area (Å²) in [7, 11) is 0. The van der Waals surface area contributed by atoms with E-state index >= 15 is 0 Å². The molecule has 2 aliphatic rings. The summed E-state index contributed by atoms with van der Waals surface area (Å²) in [5.41, 5.74) is 2.49. The zero-order valence-electron chi connectivity index (χ0n) is 16.0. The van der Waals surface area contributed by atoms with E-state index < -0.39 is 0 Å². The Morgan fingerprint density at radius 1 is 1.14 bits per heavy atom. The third-order valence-electron chi connectivity index (χ3n) is 5.79. The van der Waals surface area contributed by atoms with Crippen molar-refractivity contribution in [3.8, 4) is 0 Å². The summed E-state index contributed by atoms with van der Waals surface area (Å²) < 4.78 is 7.46. The van der Waals surface area contributed by atoms with Gasteiger partial charge in [-0.3, -0.25) is 9.69 Å². The van der Waals surface area contributed by atoms with Crippen molar-refractivity contribution < 1.29 is 4.42 Å². The molecule has 2 fully saturated rings. The standard InChI is InChI=1S/C21H21N5O2S/c27-18-10-15(22-21-26(18)24-20(29-21)13-7-8-13)12-25-9-3-4-14(11-25)19-23-16-5-1-2-6-17(16)28-19/h1-2,5-6,10,13-14H,3-4,7-9,11-12H2. The molecule has 0 radical (unpaired) electrons. The van der Waals surface area contributed by atoms with Crippen LogP contribution in [-0.2, 0) is 6.54 Å². The average molecular weight is 407 g/mol. The Bertz CT molecular complexity index is 1220. The number of benzene rings is 1. The summed E-state index contributed by atoms with van der Waals surface area (Å²) in [5, 5.41) is 5.50. The fourth-order valence-corrected chi connectivity index (χ4v) is 5.23. The average Bonchev–Trinajstić information content (AvgIpc) is 3.33. The predicted octanol–water partition coefficient (Wildman–Crippen LogP) is 3.55. The first kappa shape index (κ1) is 17.3. The molecule has 1 aliphatic carbocycles. The fraction of sp³-hybridized carbons (Fsp3) is 0.429. The molecule has 1 unspecified atom stereocenters. The number of para-hydroxylation sites is 2. The van der Waals surface area contributed by atoms with Crippen molar-refractivity contribution in [1.82, 2.24) is 24.5 Å². The molecule has 3 aromatic heterocycles. The molecule has 1 saturated carbocycles. The van der Waals surface area contributed by atoms with Crippen LogP contribution in [0.3, 0.4) is 0 Å². The lowest BCUT2D eigenvalue weighted by Crippen LogP contribution is -2.34. The Balaban J connectivity index is 1.23. The van der Waals surface area contributed by atoms with E-state index in [1.807, 2.05) is 24.3 Å². The van der Waals surface area contributed by atoms with Crippen LogP contribution >= 0.6 is 11.3 Å². The summed E-state index contributed by atoms with van der Waals surface area (Å²) >= 11 is 1.56. The highest BCUT2D eigenvalue weighted by Gasteiger charge is 2.29. The zero-order valence-corrected chi connectivity index (χ0v) is 16.8. The molecule has 8 heteroatoms. The lowest BCUT2D eigenvalue weighted by atomic mass is 9.98. The van der Waals surface area contributed by atoms with Gasteiger partial charge in [0.2, 0.25) is 4.96 Å². The van der Waals surface area contributed by atoms with Crippen molar-refractivity contribution in [2.24, 2.45) is 0 Å². The molecule has 0 N–H and O–H groups in total. The van der Waals surface area contributed by atoms with E-state index in [2.05, 4.69) is 15.0 Å². The van der Waals surface area contributed by atoms with Crippen LogP contribution in [0.15, 0.2) is 39.5 Å². The topological polar surface area (TPSA) is 76.5 Å². The normalized spacial score (nSPS) is 20.6. The maximum Gasteiger partial charge on any atom is 0.275 e. The molecule has 1 atom stereocenters. The number of aromatic nitrogens is 4. The first-order valence-corrected chi connectivity index (χ1v) is 11.0. The number of oxazole rings is 1. The zero-order chi connectivity index (χ0) is 19.4. The van der Waals surface area contributed by atoms with E-state index in [0.717, 1.165) is 53.6 Å². The van der Waals surface area contributed by atoms with E-state index in [9.17, 15) is 4.79 Å². The number of rotatable bonds is 4. The quantitative estimate of drug-likeness (QED) is 0.515. The second kappa shape index (κ2) is 6.74. The summed E-state index contributed by atoms with van der Waals surface area (Å²) in [5.74, 6) is 1.62. The van der Waals surface area contributed by atoms with Crippen LogP contribution < -0.4 is 5.56 Å². The predicted molar refractivity (Wildman–Crippen MR) is 110 cm³/mol. The molecule has 0 amide bonds. The van der Waals surface area contributed by atoms with Crippen LogP contribution in [0.5, 0.6) is 0 Å². The van der Waals surface area contributed by atoms with E-state index in [1.54, 1.807) is 17.4 Å². The molecule has 148 valence electrons. The molecule has 0 spiro atoms. The maximum absolute atomic E-state index is 12.5. The summed E-state index contributed by atoms with van der Waals surface area (Å²) in [6.45, 7) is 2.52. The van der Waals surface area contributed by atoms with Crippen molar-refractivity contribution in [1.29, 1.82) is 0 Å². The van der Waals surface area contributed by atoms with Crippen molar-refractivity contribution in [2.45, 2.75) is 44.1 Å². The number of piperidine rings is 1. The van der Waals surface area contributed by atoms with Crippen LogP contribution in [0.4, 0.5) is 0 Å². The van der Waals surface area contributed by atoms with E-state index in [4.69, 9.17) is 9.40 Å². The van der Waals surface area contributed by atoms with Crippen molar-refractivity contribution in [2.75, 3.05) is 13.1 Å². The molecule has 1 saturated heterocycles. The van der Waals surface area contributed by atoms with Gasteiger partial charge in [-0.25, -0.2) is 9.97 Å². The monoisotopic (exact) mass is 407 g/mol. The Hall–Kier alpha value is -2.58. The number of fused-ring (bicyclic) bond motifs is 2. The van der Waals surface area contributed by atoms with Crippen LogP contribution in [-0.4, -0.2) is 37.6 Å². The van der Waals surface area contributed by atoms with E-state index in [1.165, 1.54) is 17.4 Å². The second-order valence-corrected chi connectivity index (χ2v) is 9.08. The Kier molecular flexibility index (Phi) is 4.02. The highest BCUT2D eigenvalue weighted by atomic mass is 32.1. The first-order chi connectivity index (χ1) is 14.2. The van der Waals surface area contributed by atoms with Gasteiger partial charge in [0.1, 0.15) is 10.5 Å². The van der Waals surface area contributed by atoms with Crippen molar-refractivity contribution >= 4 is 27.4 Å². The lowest BCUT2D eigenvalue weighted by Gasteiger charge is -2.30. The van der Waals surface area contributed by atoms with Gasteiger partial charge in [-0.15, -0.1) is 0 Å². The Morgan fingerprint density at radius 2 is 2.03 bits per heavy atom. The van der Waals surface area contributed by atoms with Crippen LogP contribution in [0.25, 0.3) is 16.1 Å². The van der Waals surface area contributed by atoms with Crippen molar-refractivity contribution in [3.63, 3.8) is 0 Å². The minimum Gasteiger partial charge on any atom is -0.440 e. The smallest absolute Gasteiger partial charge is 0.275 e. The number of nitrogens with zero attached hydrogens (tertiary/aromatic N) is 5. The fourth-order valence-electron chi connectivity index (χ4n) is 4.14. The van der Waals surface area contributed by atoms with Crippen molar-refractivity contribution in [3.05, 3.63) is 57.3 Å². The SMILES string of the molecule is O=c1cc(CN2CCCC(c3nc4ccccc4o3)C2)nc2sc(C3CC3)nn12. The van der Waals surface area contributed by atoms with Gasteiger partial charge < -0.3 is 4.42 Å². The van der Waals surface area contributed by atoms with E-state index in [-0.39, 0.29) is 11.5 Å². The largest absolute Gasteiger partial charge is 0.440 e. The third-order valence-corrected chi connectivity index (χ3v) is 6.86. The molecule has 1 aromatic carbocycles. The number of hydrogen-bond donors (Lipinski definition) is 0. The molecular weight excluding hydrogens is 386 g/mol. The van der Waals surface area contributed by atoms with Gasteiger partial charge in [-0.05, 0) is 44.4 Å². The molecular formula is C21H21N5O2S. The van der Waals surface area contributed by atoms with Gasteiger partial charge in [-0.1, -0.05) is 23.5 Å². The molecule has 6 rings (SSSR count). The summed E-state index contributed by atoms with van der Waals surface area (Å²) in [6.07, 6.45) is 4.49. The Labute approximate surface area is 171 Å². The molecule has 0 bridgehead atoms. The molecule has 4 aromatic rings. The van der Waals surface area contributed by atoms with Crippen LogP contribution in [0.1, 0.15) is 54.1 Å². The van der Waals surface area contributed by atoms with Gasteiger partial charge in [-0.2, -0.15) is 9.61 Å². The van der Waals surface area contributed by atoms with Crippen LogP contribution in [0, 0.1) is 0 Å². The van der Waals surface area contributed by atoms with Crippen LogP contribution in [0.2, 0.25) is 0 Å². The third kappa shape index (κ3) is 3.26. The minimum atomic E-state index is -0.0827. The second-order valence-electron chi connectivity index (χ2n) is 8.09.